The summed E-state index contributed by atoms with van der Waals surface area (Å²) >= 11 is 1.59. The molecule has 218 valence electrons. The number of aliphatic carboxylic acids is 1. The standard InChI is InChI=1S/C31H31FN4O5S/c1-16-17(2)42-30-27(16)28(33-23(14-25(37)38)29-35-34-18(3)36(29)30)20-9-7-19(8-10-20)21-11-12-24(22(32)13-21)40-15-26(39)41-31(4,5)6/h7-13,23H,14-15H2,1-6H3,(H,37,38)/t23-/m0/s1. The number of carboxylic acids is 1. The van der Waals surface area contributed by atoms with Crippen LogP contribution >= 0.6 is 11.3 Å². The molecular weight excluding hydrogens is 559 g/mol. The molecule has 1 N–H and O–H groups in total. The van der Waals surface area contributed by atoms with Gasteiger partial charge < -0.3 is 14.6 Å². The number of thiophene rings is 1. The van der Waals surface area contributed by atoms with Crippen LogP contribution < -0.4 is 4.74 Å². The minimum atomic E-state index is -0.982. The number of hydrogen-bond donors (Lipinski definition) is 1. The maximum absolute atomic E-state index is 14.9. The van der Waals surface area contributed by atoms with E-state index in [1.807, 2.05) is 49.6 Å². The summed E-state index contributed by atoms with van der Waals surface area (Å²) in [5.41, 5.74) is 4.17. The molecular formula is C31H31FN4O5S. The summed E-state index contributed by atoms with van der Waals surface area (Å²) in [5, 5.41) is 19.1. The van der Waals surface area contributed by atoms with Crippen LogP contribution in [-0.4, -0.2) is 49.7 Å². The van der Waals surface area contributed by atoms with E-state index < -0.39 is 36.0 Å². The van der Waals surface area contributed by atoms with Crippen molar-refractivity contribution in [2.24, 2.45) is 4.99 Å². The number of benzene rings is 2. The molecule has 0 aliphatic carbocycles. The first-order valence-corrected chi connectivity index (χ1v) is 14.2. The fraction of sp³-hybridized carbons (Fsp3) is 0.323. The number of aromatic nitrogens is 3. The zero-order valence-corrected chi connectivity index (χ0v) is 25.0. The molecule has 0 bridgehead atoms. The first-order chi connectivity index (χ1) is 19.8. The average Bonchev–Trinajstić information content (AvgIpc) is 3.39. The normalized spacial score (nSPS) is 14.5. The molecule has 4 aromatic rings. The highest BCUT2D eigenvalue weighted by atomic mass is 32.1. The van der Waals surface area contributed by atoms with Crippen molar-refractivity contribution in [3.63, 3.8) is 0 Å². The van der Waals surface area contributed by atoms with Gasteiger partial charge in [0.1, 0.15) is 22.5 Å². The zero-order chi connectivity index (χ0) is 30.3. The van der Waals surface area contributed by atoms with Gasteiger partial charge in [-0.1, -0.05) is 30.3 Å². The van der Waals surface area contributed by atoms with Gasteiger partial charge in [0.05, 0.1) is 12.1 Å². The number of rotatable bonds is 7. The lowest BCUT2D eigenvalue weighted by Gasteiger charge is -2.19. The Balaban J connectivity index is 1.46. The van der Waals surface area contributed by atoms with Gasteiger partial charge >= 0.3 is 11.9 Å². The van der Waals surface area contributed by atoms with Crippen LogP contribution in [0.15, 0.2) is 47.5 Å². The van der Waals surface area contributed by atoms with Crippen molar-refractivity contribution in [1.29, 1.82) is 0 Å². The molecule has 0 amide bonds. The average molecular weight is 591 g/mol. The van der Waals surface area contributed by atoms with E-state index in [1.54, 1.807) is 38.2 Å². The number of esters is 1. The number of ether oxygens (including phenoxy) is 2. The van der Waals surface area contributed by atoms with Gasteiger partial charge in [0, 0.05) is 16.0 Å². The van der Waals surface area contributed by atoms with Crippen LogP contribution in [0.5, 0.6) is 5.75 Å². The Morgan fingerprint density at radius 3 is 2.33 bits per heavy atom. The van der Waals surface area contributed by atoms with Crippen molar-refractivity contribution in [3.05, 3.63) is 81.5 Å². The maximum atomic E-state index is 14.9. The van der Waals surface area contributed by atoms with Crippen molar-refractivity contribution < 1.29 is 28.6 Å². The van der Waals surface area contributed by atoms with Crippen molar-refractivity contribution in [3.8, 4) is 21.9 Å². The molecule has 1 atom stereocenters. The molecule has 9 nitrogen and oxygen atoms in total. The molecule has 3 heterocycles. The zero-order valence-electron chi connectivity index (χ0n) is 24.2. The largest absolute Gasteiger partial charge is 0.481 e. The van der Waals surface area contributed by atoms with E-state index in [2.05, 4.69) is 10.2 Å². The highest BCUT2D eigenvalue weighted by molar-refractivity contribution is 7.15. The third-order valence-electron chi connectivity index (χ3n) is 6.80. The maximum Gasteiger partial charge on any atom is 0.344 e. The van der Waals surface area contributed by atoms with Gasteiger partial charge in [0.2, 0.25) is 0 Å². The number of aryl methyl sites for hydroxylation is 2. The fourth-order valence-corrected chi connectivity index (χ4v) is 6.03. The number of aliphatic imine (C=N–C) groups is 1. The Labute approximate surface area is 246 Å². The molecule has 1 aliphatic heterocycles. The van der Waals surface area contributed by atoms with Crippen LogP contribution in [0, 0.1) is 26.6 Å². The fourth-order valence-electron chi connectivity index (χ4n) is 4.82. The molecule has 2 aromatic carbocycles. The summed E-state index contributed by atoms with van der Waals surface area (Å²) in [4.78, 5) is 29.8. The Kier molecular flexibility index (Phi) is 7.72. The molecule has 1 aliphatic rings. The van der Waals surface area contributed by atoms with Crippen molar-refractivity contribution in [1.82, 2.24) is 14.8 Å². The Bertz CT molecular complexity index is 1720. The third kappa shape index (κ3) is 5.82. The molecule has 0 saturated heterocycles. The number of carboxylic acid groups (broad SMARTS) is 1. The van der Waals surface area contributed by atoms with E-state index in [4.69, 9.17) is 14.5 Å². The first kappa shape index (κ1) is 29.1. The molecule has 0 radical (unpaired) electrons. The summed E-state index contributed by atoms with van der Waals surface area (Å²) in [6, 6.07) is 11.3. The topological polar surface area (TPSA) is 116 Å². The lowest BCUT2D eigenvalue weighted by atomic mass is 9.97. The van der Waals surface area contributed by atoms with Gasteiger partial charge in [0.15, 0.2) is 24.0 Å². The number of fused-ring (bicyclic) bond motifs is 3. The molecule has 11 heteroatoms. The summed E-state index contributed by atoms with van der Waals surface area (Å²) < 4.78 is 27.3. The Hall–Kier alpha value is -4.38. The Morgan fingerprint density at radius 2 is 1.69 bits per heavy atom. The van der Waals surface area contributed by atoms with Crippen LogP contribution in [0.25, 0.3) is 16.1 Å². The van der Waals surface area contributed by atoms with E-state index in [0.717, 1.165) is 32.1 Å². The summed E-state index contributed by atoms with van der Waals surface area (Å²) in [5.74, 6) is -1.05. The van der Waals surface area contributed by atoms with E-state index in [9.17, 15) is 19.1 Å². The monoisotopic (exact) mass is 590 g/mol. The predicted molar refractivity (Wildman–Crippen MR) is 157 cm³/mol. The number of carbonyl (C=O) groups is 2. The minimum absolute atomic E-state index is 0.0448. The van der Waals surface area contributed by atoms with E-state index >= 15 is 0 Å². The quantitative estimate of drug-likeness (QED) is 0.257. The second kappa shape index (κ2) is 11.1. The summed E-state index contributed by atoms with van der Waals surface area (Å²) in [6.45, 7) is 10.8. The van der Waals surface area contributed by atoms with Gasteiger partial charge in [-0.15, -0.1) is 21.5 Å². The lowest BCUT2D eigenvalue weighted by molar-refractivity contribution is -0.157. The van der Waals surface area contributed by atoms with Gasteiger partial charge in [-0.3, -0.25) is 14.4 Å². The molecule has 0 saturated carbocycles. The van der Waals surface area contributed by atoms with E-state index in [0.29, 0.717) is 22.9 Å². The second-order valence-electron chi connectivity index (χ2n) is 11.1. The molecule has 0 spiro atoms. The van der Waals surface area contributed by atoms with Crippen LogP contribution in [0.4, 0.5) is 4.39 Å². The molecule has 2 aromatic heterocycles. The molecule has 0 unspecified atom stereocenters. The number of nitrogens with zero attached hydrogens (tertiary/aromatic N) is 4. The third-order valence-corrected chi connectivity index (χ3v) is 7.99. The van der Waals surface area contributed by atoms with Crippen LogP contribution in [0.1, 0.15) is 66.5 Å². The van der Waals surface area contributed by atoms with E-state index in [-0.39, 0.29) is 12.2 Å². The molecule has 42 heavy (non-hydrogen) atoms. The van der Waals surface area contributed by atoms with Crippen molar-refractivity contribution >= 4 is 29.0 Å². The van der Waals surface area contributed by atoms with Crippen LogP contribution in [0.2, 0.25) is 0 Å². The van der Waals surface area contributed by atoms with E-state index in [1.165, 1.54) is 12.1 Å². The minimum Gasteiger partial charge on any atom is -0.481 e. The molecule has 5 rings (SSSR count). The second-order valence-corrected chi connectivity index (χ2v) is 12.3. The summed E-state index contributed by atoms with van der Waals surface area (Å²) in [7, 11) is 0. The summed E-state index contributed by atoms with van der Waals surface area (Å²) in [6.07, 6.45) is -0.228. The smallest absolute Gasteiger partial charge is 0.344 e. The SMILES string of the molecule is Cc1sc2c(c1C)C(c1ccc(-c3ccc(OCC(=O)OC(C)(C)C)c(F)c3)cc1)=N[C@@H](CC(=O)O)c1nnc(C)n1-2. The van der Waals surface area contributed by atoms with Crippen molar-refractivity contribution in [2.45, 2.75) is 59.6 Å². The predicted octanol–water partition coefficient (Wildman–Crippen LogP) is 6.15. The van der Waals surface area contributed by atoms with Gasteiger partial charge in [-0.05, 0) is 70.4 Å². The van der Waals surface area contributed by atoms with Crippen molar-refractivity contribution in [2.75, 3.05) is 6.61 Å². The Morgan fingerprint density at radius 1 is 1.02 bits per heavy atom. The number of carbonyl (C=O) groups excluding carboxylic acids is 1. The van der Waals surface area contributed by atoms with Gasteiger partial charge in [-0.25, -0.2) is 9.18 Å². The lowest BCUT2D eigenvalue weighted by Crippen LogP contribution is -2.27. The molecule has 0 fully saturated rings. The van der Waals surface area contributed by atoms with Gasteiger partial charge in [-0.2, -0.15) is 0 Å². The van der Waals surface area contributed by atoms with Gasteiger partial charge in [0.25, 0.3) is 0 Å². The van der Waals surface area contributed by atoms with Crippen LogP contribution in [0.3, 0.4) is 0 Å². The number of halogens is 1. The van der Waals surface area contributed by atoms with Crippen LogP contribution in [-0.2, 0) is 14.3 Å². The highest BCUT2D eigenvalue weighted by Crippen LogP contribution is 2.39. The number of hydrogen-bond acceptors (Lipinski definition) is 8. The first-order valence-electron chi connectivity index (χ1n) is 13.4. The highest BCUT2D eigenvalue weighted by Gasteiger charge is 2.32.